The summed E-state index contributed by atoms with van der Waals surface area (Å²) in [4.78, 5) is 41.0. The lowest BCUT2D eigenvalue weighted by molar-refractivity contribution is -0.133. The van der Waals surface area contributed by atoms with E-state index in [1.807, 2.05) is 30.9 Å². The van der Waals surface area contributed by atoms with Crippen molar-refractivity contribution in [2.24, 2.45) is 11.8 Å². The van der Waals surface area contributed by atoms with E-state index in [2.05, 4.69) is 26.0 Å². The van der Waals surface area contributed by atoms with Gasteiger partial charge in [-0.2, -0.15) is 0 Å². The van der Waals surface area contributed by atoms with Gasteiger partial charge >= 0.3 is 0 Å². The fourth-order valence-electron chi connectivity index (χ4n) is 4.19. The van der Waals surface area contributed by atoms with Crippen molar-refractivity contribution >= 4 is 17.6 Å². The third-order valence-corrected chi connectivity index (χ3v) is 6.00. The van der Waals surface area contributed by atoms with Gasteiger partial charge in [-0.3, -0.25) is 14.4 Å². The summed E-state index contributed by atoms with van der Waals surface area (Å²) in [6.07, 6.45) is 3.89. The normalized spacial score (nSPS) is 14.8. The van der Waals surface area contributed by atoms with Crippen molar-refractivity contribution in [1.82, 2.24) is 9.80 Å². The lowest BCUT2D eigenvalue weighted by atomic mass is 9.88. The summed E-state index contributed by atoms with van der Waals surface area (Å²) in [6, 6.07) is 8.02. The number of nitrogens with zero attached hydrogens (tertiary/aromatic N) is 2. The number of carbonyl (C=O) groups is 3. The smallest absolute Gasteiger partial charge is 0.222 e. The van der Waals surface area contributed by atoms with E-state index < -0.39 is 0 Å². The Morgan fingerprint density at radius 1 is 1.00 bits per heavy atom. The fourth-order valence-corrected chi connectivity index (χ4v) is 4.19. The highest BCUT2D eigenvalue weighted by Gasteiger charge is 2.27. The van der Waals surface area contributed by atoms with Gasteiger partial charge in [0.2, 0.25) is 11.8 Å². The minimum Gasteiger partial charge on any atom is -0.343 e. The van der Waals surface area contributed by atoms with E-state index in [0.717, 1.165) is 24.8 Å². The number of ketones is 1. The zero-order chi connectivity index (χ0) is 22.1. The Morgan fingerprint density at radius 3 is 2.13 bits per heavy atom. The van der Waals surface area contributed by atoms with Gasteiger partial charge in [-0.25, -0.2) is 0 Å². The van der Waals surface area contributed by atoms with Crippen LogP contribution in [0.4, 0.5) is 0 Å². The standard InChI is InChI=1S/C25H38N2O3/c1-5-26(6-2)23(28)8-7-9-24(29)27-16-14-22(15-17-27)25(30)21-12-10-20(11-13-21)18-19(3)4/h10-13,19,22H,5-9,14-18H2,1-4H3. The first kappa shape index (κ1) is 24.1. The number of Topliss-reactive ketones (excluding diaryl/α,β-unsaturated/α-hetero) is 1. The number of benzene rings is 1. The quantitative estimate of drug-likeness (QED) is 0.535. The molecule has 0 radical (unpaired) electrons. The summed E-state index contributed by atoms with van der Waals surface area (Å²) in [5, 5.41) is 0. The van der Waals surface area contributed by atoms with E-state index in [-0.39, 0.29) is 23.5 Å². The molecule has 1 saturated heterocycles. The van der Waals surface area contributed by atoms with Gasteiger partial charge in [-0.1, -0.05) is 38.1 Å². The molecule has 1 aromatic carbocycles. The molecule has 30 heavy (non-hydrogen) atoms. The Hall–Kier alpha value is -2.17. The van der Waals surface area contributed by atoms with Crippen molar-refractivity contribution in [1.29, 1.82) is 0 Å². The van der Waals surface area contributed by atoms with Crippen LogP contribution in [0.15, 0.2) is 24.3 Å². The summed E-state index contributed by atoms with van der Waals surface area (Å²) < 4.78 is 0. The second kappa shape index (κ2) is 11.9. The molecule has 0 bridgehead atoms. The molecule has 0 N–H and O–H groups in total. The maximum absolute atomic E-state index is 12.8. The van der Waals surface area contributed by atoms with Gasteiger partial charge in [0.1, 0.15) is 0 Å². The number of hydrogen-bond acceptors (Lipinski definition) is 3. The molecule has 0 unspecified atom stereocenters. The molecule has 1 fully saturated rings. The second-order valence-electron chi connectivity index (χ2n) is 8.73. The van der Waals surface area contributed by atoms with Gasteiger partial charge in [0.05, 0.1) is 0 Å². The predicted octanol–water partition coefficient (Wildman–Crippen LogP) is 4.35. The molecular formula is C25H38N2O3. The van der Waals surface area contributed by atoms with Crippen molar-refractivity contribution in [2.45, 2.75) is 66.2 Å². The second-order valence-corrected chi connectivity index (χ2v) is 8.73. The van der Waals surface area contributed by atoms with E-state index in [0.29, 0.717) is 51.4 Å². The van der Waals surface area contributed by atoms with Crippen LogP contribution in [0, 0.1) is 11.8 Å². The van der Waals surface area contributed by atoms with E-state index in [9.17, 15) is 14.4 Å². The predicted molar refractivity (Wildman–Crippen MR) is 120 cm³/mol. The van der Waals surface area contributed by atoms with Crippen LogP contribution >= 0.6 is 0 Å². The number of rotatable bonds is 10. The largest absolute Gasteiger partial charge is 0.343 e. The molecule has 0 aliphatic carbocycles. The maximum Gasteiger partial charge on any atom is 0.222 e. The molecule has 0 spiro atoms. The van der Waals surface area contributed by atoms with E-state index >= 15 is 0 Å². The molecular weight excluding hydrogens is 376 g/mol. The summed E-state index contributed by atoms with van der Waals surface area (Å²) in [6.45, 7) is 11.0. The molecule has 0 atom stereocenters. The molecule has 166 valence electrons. The number of carbonyl (C=O) groups excluding carboxylic acids is 3. The molecule has 5 nitrogen and oxygen atoms in total. The Kier molecular flexibility index (Phi) is 9.54. The van der Waals surface area contributed by atoms with E-state index in [1.54, 1.807) is 4.90 Å². The third kappa shape index (κ3) is 6.96. The van der Waals surface area contributed by atoms with Crippen LogP contribution in [-0.2, 0) is 16.0 Å². The molecule has 0 saturated carbocycles. The average molecular weight is 415 g/mol. The van der Waals surface area contributed by atoms with Crippen LogP contribution in [0.25, 0.3) is 0 Å². The third-order valence-electron chi connectivity index (χ3n) is 6.00. The molecule has 0 aromatic heterocycles. The van der Waals surface area contributed by atoms with Crippen LogP contribution in [0.2, 0.25) is 0 Å². The first-order valence-electron chi connectivity index (χ1n) is 11.5. The van der Waals surface area contributed by atoms with Gasteiger partial charge < -0.3 is 9.80 Å². The van der Waals surface area contributed by atoms with Gasteiger partial charge in [0, 0.05) is 50.5 Å². The number of likely N-dealkylation sites (tertiary alicyclic amines) is 1. The maximum atomic E-state index is 12.8. The van der Waals surface area contributed by atoms with Crippen LogP contribution < -0.4 is 0 Å². The number of piperidine rings is 1. The highest BCUT2D eigenvalue weighted by molar-refractivity contribution is 5.98. The summed E-state index contributed by atoms with van der Waals surface area (Å²) in [7, 11) is 0. The van der Waals surface area contributed by atoms with Gasteiger partial charge in [-0.15, -0.1) is 0 Å². The van der Waals surface area contributed by atoms with Crippen LogP contribution in [0.3, 0.4) is 0 Å². The molecule has 1 aromatic rings. The Labute approximate surface area is 181 Å². The Balaban J connectivity index is 1.76. The minimum atomic E-state index is -0.00533. The summed E-state index contributed by atoms with van der Waals surface area (Å²) in [5.41, 5.74) is 2.05. The zero-order valence-corrected chi connectivity index (χ0v) is 19.2. The lowest BCUT2D eigenvalue weighted by Gasteiger charge is -2.31. The first-order chi connectivity index (χ1) is 14.3. The van der Waals surface area contributed by atoms with Gasteiger partial charge in [-0.05, 0) is 51.0 Å². The fraction of sp³-hybridized carbons (Fsp3) is 0.640. The Bertz CT molecular complexity index is 700. The SMILES string of the molecule is CCN(CC)C(=O)CCCC(=O)N1CCC(C(=O)c2ccc(CC(C)C)cc2)CC1. The van der Waals surface area contributed by atoms with Crippen molar-refractivity contribution in [3.8, 4) is 0 Å². The van der Waals surface area contributed by atoms with Gasteiger partial charge in [0.25, 0.3) is 0 Å². The van der Waals surface area contributed by atoms with Crippen molar-refractivity contribution in [3.63, 3.8) is 0 Å². The minimum absolute atomic E-state index is 0.00533. The Morgan fingerprint density at radius 2 is 1.60 bits per heavy atom. The molecule has 2 amide bonds. The molecule has 1 aliphatic heterocycles. The highest BCUT2D eigenvalue weighted by Crippen LogP contribution is 2.23. The number of hydrogen-bond donors (Lipinski definition) is 0. The summed E-state index contributed by atoms with van der Waals surface area (Å²) >= 11 is 0. The lowest BCUT2D eigenvalue weighted by Crippen LogP contribution is -2.40. The van der Waals surface area contributed by atoms with Crippen LogP contribution in [0.5, 0.6) is 0 Å². The number of amides is 2. The van der Waals surface area contributed by atoms with Crippen molar-refractivity contribution < 1.29 is 14.4 Å². The summed E-state index contributed by atoms with van der Waals surface area (Å²) in [5.74, 6) is 1.02. The van der Waals surface area contributed by atoms with E-state index in [1.165, 1.54) is 5.56 Å². The molecule has 1 aliphatic rings. The van der Waals surface area contributed by atoms with Crippen LogP contribution in [0.1, 0.15) is 75.7 Å². The topological polar surface area (TPSA) is 57.7 Å². The zero-order valence-electron chi connectivity index (χ0n) is 19.2. The first-order valence-corrected chi connectivity index (χ1v) is 11.5. The average Bonchev–Trinajstić information content (AvgIpc) is 2.74. The highest BCUT2D eigenvalue weighted by atomic mass is 16.2. The van der Waals surface area contributed by atoms with Crippen LogP contribution in [-0.4, -0.2) is 53.6 Å². The monoisotopic (exact) mass is 414 g/mol. The molecule has 2 rings (SSSR count). The van der Waals surface area contributed by atoms with Crippen molar-refractivity contribution in [2.75, 3.05) is 26.2 Å². The van der Waals surface area contributed by atoms with E-state index in [4.69, 9.17) is 0 Å². The van der Waals surface area contributed by atoms with Gasteiger partial charge in [0.15, 0.2) is 5.78 Å². The molecule has 5 heteroatoms. The van der Waals surface area contributed by atoms with Crippen molar-refractivity contribution in [3.05, 3.63) is 35.4 Å². The molecule has 1 heterocycles.